The third-order valence-corrected chi connectivity index (χ3v) is 3.90. The Kier molecular flexibility index (Phi) is 4.24. The number of nitrogens with one attached hydrogen (secondary N) is 1. The van der Waals surface area contributed by atoms with Gasteiger partial charge in [-0.1, -0.05) is 28.8 Å². The van der Waals surface area contributed by atoms with Gasteiger partial charge in [-0.2, -0.15) is 0 Å². The van der Waals surface area contributed by atoms with Crippen LogP contribution in [0.2, 0.25) is 0 Å². The number of hydrogen-bond acceptors (Lipinski definition) is 3. The molecule has 0 heterocycles. The first-order valence-electron chi connectivity index (χ1n) is 6.19. The van der Waals surface area contributed by atoms with Gasteiger partial charge in [0.25, 0.3) is 5.91 Å². The van der Waals surface area contributed by atoms with Crippen LogP contribution in [0.25, 0.3) is 0 Å². The van der Waals surface area contributed by atoms with Gasteiger partial charge in [0, 0.05) is 22.2 Å². The van der Waals surface area contributed by atoms with Gasteiger partial charge in [0.05, 0.1) is 5.56 Å². The fraction of sp³-hybridized carbons (Fsp3) is 0.462. The van der Waals surface area contributed by atoms with Crippen molar-refractivity contribution in [2.24, 2.45) is 11.5 Å². The molecule has 5 heteroatoms. The monoisotopic (exact) mass is 311 g/mol. The van der Waals surface area contributed by atoms with Gasteiger partial charge in [0.2, 0.25) is 0 Å². The summed E-state index contributed by atoms with van der Waals surface area (Å²) in [7, 11) is 0. The molecule has 4 nitrogen and oxygen atoms in total. The number of nitrogens with two attached hydrogens (primary N) is 2. The van der Waals surface area contributed by atoms with Crippen LogP contribution in [-0.4, -0.2) is 18.0 Å². The van der Waals surface area contributed by atoms with Crippen molar-refractivity contribution in [2.75, 3.05) is 5.32 Å². The van der Waals surface area contributed by atoms with E-state index in [0.717, 1.165) is 23.0 Å². The van der Waals surface area contributed by atoms with Crippen LogP contribution in [0.5, 0.6) is 0 Å². The van der Waals surface area contributed by atoms with Crippen LogP contribution >= 0.6 is 15.9 Å². The number of anilines is 1. The fourth-order valence-electron chi connectivity index (χ4n) is 2.39. The summed E-state index contributed by atoms with van der Waals surface area (Å²) in [6.45, 7) is 0. The number of benzene rings is 1. The Morgan fingerprint density at radius 1 is 1.33 bits per heavy atom. The minimum absolute atomic E-state index is 0.137. The van der Waals surface area contributed by atoms with Crippen LogP contribution < -0.4 is 16.8 Å². The molecule has 0 saturated heterocycles. The van der Waals surface area contributed by atoms with Gasteiger partial charge in [0.15, 0.2) is 0 Å². The SMILES string of the molecule is NC(=O)c1ccc(Br)cc1N[C@@H]1CCCC[C@H]1N. The third-order valence-electron chi connectivity index (χ3n) is 3.41. The molecular weight excluding hydrogens is 294 g/mol. The molecule has 2 atom stereocenters. The van der Waals surface area contributed by atoms with Crippen molar-refractivity contribution in [2.45, 2.75) is 37.8 Å². The van der Waals surface area contributed by atoms with E-state index in [0.29, 0.717) is 5.56 Å². The lowest BCUT2D eigenvalue weighted by atomic mass is 9.90. The third kappa shape index (κ3) is 3.03. The highest BCUT2D eigenvalue weighted by Crippen LogP contribution is 2.26. The molecular formula is C13H18BrN3O. The van der Waals surface area contributed by atoms with Gasteiger partial charge in [-0.15, -0.1) is 0 Å². The van der Waals surface area contributed by atoms with E-state index in [9.17, 15) is 4.79 Å². The minimum Gasteiger partial charge on any atom is -0.380 e. The van der Waals surface area contributed by atoms with Gasteiger partial charge >= 0.3 is 0 Å². The maximum absolute atomic E-state index is 11.4. The molecule has 0 radical (unpaired) electrons. The Hall–Kier alpha value is -1.07. The Morgan fingerprint density at radius 3 is 2.72 bits per heavy atom. The van der Waals surface area contributed by atoms with Crippen molar-refractivity contribution >= 4 is 27.5 Å². The molecule has 1 aromatic carbocycles. The summed E-state index contributed by atoms with van der Waals surface area (Å²) in [6, 6.07) is 5.76. The van der Waals surface area contributed by atoms with E-state index >= 15 is 0 Å². The number of primary amides is 1. The van der Waals surface area contributed by atoms with Crippen LogP contribution in [0.3, 0.4) is 0 Å². The van der Waals surface area contributed by atoms with Crippen molar-refractivity contribution < 1.29 is 4.79 Å². The summed E-state index contributed by atoms with van der Waals surface area (Å²) in [5, 5.41) is 3.37. The molecule has 5 N–H and O–H groups in total. The largest absolute Gasteiger partial charge is 0.380 e. The first-order chi connectivity index (χ1) is 8.58. The normalized spacial score (nSPS) is 23.7. The van der Waals surface area contributed by atoms with Crippen molar-refractivity contribution in [3.05, 3.63) is 28.2 Å². The van der Waals surface area contributed by atoms with Gasteiger partial charge in [0.1, 0.15) is 0 Å². The molecule has 0 aliphatic heterocycles. The summed E-state index contributed by atoms with van der Waals surface area (Å²) < 4.78 is 0.916. The average Bonchev–Trinajstić information content (AvgIpc) is 2.32. The van der Waals surface area contributed by atoms with E-state index in [-0.39, 0.29) is 12.1 Å². The minimum atomic E-state index is -0.422. The highest BCUT2D eigenvalue weighted by molar-refractivity contribution is 9.10. The summed E-state index contributed by atoms with van der Waals surface area (Å²) in [5.41, 5.74) is 12.8. The average molecular weight is 312 g/mol. The number of amides is 1. The maximum Gasteiger partial charge on any atom is 0.250 e. The predicted molar refractivity (Wildman–Crippen MR) is 76.5 cm³/mol. The van der Waals surface area contributed by atoms with Crippen molar-refractivity contribution in [1.29, 1.82) is 0 Å². The number of halogens is 1. The van der Waals surface area contributed by atoms with Crippen LogP contribution in [0, 0.1) is 0 Å². The summed E-state index contributed by atoms with van der Waals surface area (Å²) >= 11 is 3.40. The van der Waals surface area contributed by atoms with E-state index in [1.165, 1.54) is 12.8 Å². The fourth-order valence-corrected chi connectivity index (χ4v) is 2.75. The lowest BCUT2D eigenvalue weighted by Gasteiger charge is -2.30. The smallest absolute Gasteiger partial charge is 0.250 e. The number of hydrogen-bond donors (Lipinski definition) is 3. The molecule has 0 spiro atoms. The van der Waals surface area contributed by atoms with E-state index < -0.39 is 5.91 Å². The lowest BCUT2D eigenvalue weighted by Crippen LogP contribution is -2.42. The van der Waals surface area contributed by atoms with Gasteiger partial charge < -0.3 is 16.8 Å². The van der Waals surface area contributed by atoms with Crippen LogP contribution in [0.4, 0.5) is 5.69 Å². The van der Waals surface area contributed by atoms with Crippen molar-refractivity contribution in [3.63, 3.8) is 0 Å². The highest BCUT2D eigenvalue weighted by Gasteiger charge is 2.22. The first kappa shape index (κ1) is 13.4. The van der Waals surface area contributed by atoms with E-state index in [1.54, 1.807) is 6.07 Å². The topological polar surface area (TPSA) is 81.1 Å². The maximum atomic E-state index is 11.4. The quantitative estimate of drug-likeness (QED) is 0.800. The predicted octanol–water partition coefficient (Wildman–Crippen LogP) is 2.23. The van der Waals surface area contributed by atoms with E-state index in [4.69, 9.17) is 11.5 Å². The van der Waals surface area contributed by atoms with E-state index in [2.05, 4.69) is 21.2 Å². The number of rotatable bonds is 3. The molecule has 98 valence electrons. The molecule has 1 amide bonds. The van der Waals surface area contributed by atoms with Crippen molar-refractivity contribution in [1.82, 2.24) is 0 Å². The molecule has 1 aliphatic carbocycles. The number of carbonyl (C=O) groups excluding carboxylic acids is 1. The van der Waals surface area contributed by atoms with Gasteiger partial charge in [-0.05, 0) is 31.0 Å². The van der Waals surface area contributed by atoms with E-state index in [1.807, 2.05) is 12.1 Å². The summed E-state index contributed by atoms with van der Waals surface area (Å²) in [6.07, 6.45) is 4.41. The second-order valence-electron chi connectivity index (χ2n) is 4.75. The molecule has 1 aromatic rings. The molecule has 0 aromatic heterocycles. The zero-order valence-corrected chi connectivity index (χ0v) is 11.7. The molecule has 0 unspecified atom stereocenters. The first-order valence-corrected chi connectivity index (χ1v) is 6.98. The van der Waals surface area contributed by atoms with Gasteiger partial charge in [-0.25, -0.2) is 0 Å². The standard InChI is InChI=1S/C13H18BrN3O/c14-8-5-6-9(13(16)18)12(7-8)17-11-4-2-1-3-10(11)15/h5-7,10-11,17H,1-4,15H2,(H2,16,18)/t10-,11-/m1/s1. The Balaban J connectivity index is 2.21. The van der Waals surface area contributed by atoms with Crippen LogP contribution in [0.1, 0.15) is 36.0 Å². The van der Waals surface area contributed by atoms with Crippen molar-refractivity contribution in [3.8, 4) is 0 Å². The Labute approximate surface area is 115 Å². The van der Waals surface area contributed by atoms with Crippen LogP contribution in [-0.2, 0) is 0 Å². The number of carbonyl (C=O) groups is 1. The summed E-state index contributed by atoms with van der Waals surface area (Å²) in [5.74, 6) is -0.422. The lowest BCUT2D eigenvalue weighted by molar-refractivity contribution is 0.100. The second kappa shape index (κ2) is 5.71. The zero-order chi connectivity index (χ0) is 13.1. The molecule has 1 saturated carbocycles. The zero-order valence-electron chi connectivity index (χ0n) is 10.2. The molecule has 1 aliphatic rings. The molecule has 2 rings (SSSR count). The summed E-state index contributed by atoms with van der Waals surface area (Å²) in [4.78, 5) is 11.4. The molecule has 18 heavy (non-hydrogen) atoms. The van der Waals surface area contributed by atoms with Crippen LogP contribution in [0.15, 0.2) is 22.7 Å². The second-order valence-corrected chi connectivity index (χ2v) is 5.67. The Morgan fingerprint density at radius 2 is 2.06 bits per heavy atom. The highest BCUT2D eigenvalue weighted by atomic mass is 79.9. The molecule has 1 fully saturated rings. The van der Waals surface area contributed by atoms with Gasteiger partial charge in [-0.3, -0.25) is 4.79 Å². The Bertz CT molecular complexity index is 450. The molecule has 0 bridgehead atoms.